The summed E-state index contributed by atoms with van der Waals surface area (Å²) in [7, 11) is 0. The van der Waals surface area contributed by atoms with E-state index in [2.05, 4.69) is 32.3 Å². The van der Waals surface area contributed by atoms with Crippen molar-refractivity contribution in [1.82, 2.24) is 20.2 Å². The van der Waals surface area contributed by atoms with Crippen LogP contribution in [0.5, 0.6) is 11.8 Å². The number of H-pyrrole nitrogens is 1. The number of aromatic amines is 1. The largest absolute Gasteiger partial charge is 0.421 e. The number of hydrogen-bond acceptors (Lipinski definition) is 5. The van der Waals surface area contributed by atoms with E-state index < -0.39 is 11.6 Å². The average Bonchev–Trinajstić information content (AvgIpc) is 3.15. The van der Waals surface area contributed by atoms with Gasteiger partial charge in [0.25, 0.3) is 0 Å². The van der Waals surface area contributed by atoms with Gasteiger partial charge in [0.2, 0.25) is 0 Å². The van der Waals surface area contributed by atoms with Gasteiger partial charge in [-0.05, 0) is 43.0 Å². The Balaban J connectivity index is 0.00000117. The molecule has 5 nitrogen and oxygen atoms in total. The van der Waals surface area contributed by atoms with Gasteiger partial charge in [0.15, 0.2) is 17.2 Å². The SMILES string of the molecule is CC.CSc1ccc(C)c(-c2[nH]nc3nc(Oc4ccc(F)cc4F)ncc23)c1. The van der Waals surface area contributed by atoms with Crippen molar-refractivity contribution < 1.29 is 13.5 Å². The number of rotatable bonds is 4. The summed E-state index contributed by atoms with van der Waals surface area (Å²) in [5, 5.41) is 7.93. The van der Waals surface area contributed by atoms with E-state index in [1.54, 1.807) is 18.0 Å². The molecule has 8 heteroatoms. The van der Waals surface area contributed by atoms with Crippen LogP contribution in [0, 0.1) is 18.6 Å². The molecule has 2 heterocycles. The smallest absolute Gasteiger partial charge is 0.324 e. The van der Waals surface area contributed by atoms with E-state index in [9.17, 15) is 8.78 Å². The van der Waals surface area contributed by atoms with Crippen molar-refractivity contribution in [2.45, 2.75) is 25.7 Å². The lowest BCUT2D eigenvalue weighted by Gasteiger charge is -2.07. The summed E-state index contributed by atoms with van der Waals surface area (Å²) < 4.78 is 32.1. The Kier molecular flexibility index (Phi) is 6.43. The van der Waals surface area contributed by atoms with Crippen molar-refractivity contribution in [3.05, 3.63) is 59.8 Å². The minimum absolute atomic E-state index is 0.0688. The third-order valence-electron chi connectivity index (χ3n) is 4.10. The van der Waals surface area contributed by atoms with Crippen LogP contribution >= 0.6 is 11.8 Å². The van der Waals surface area contributed by atoms with Crippen molar-refractivity contribution in [2.75, 3.05) is 6.26 Å². The lowest BCUT2D eigenvalue weighted by molar-refractivity contribution is 0.409. The fourth-order valence-electron chi connectivity index (χ4n) is 2.70. The molecule has 0 aliphatic heterocycles. The van der Waals surface area contributed by atoms with Crippen molar-refractivity contribution in [2.24, 2.45) is 0 Å². The maximum Gasteiger partial charge on any atom is 0.324 e. The molecule has 0 radical (unpaired) electrons. The number of aryl methyl sites for hydroxylation is 1. The molecule has 1 N–H and O–H groups in total. The molecule has 29 heavy (non-hydrogen) atoms. The molecule has 0 atom stereocenters. The molecule has 0 saturated heterocycles. The van der Waals surface area contributed by atoms with Gasteiger partial charge in [-0.1, -0.05) is 19.9 Å². The Morgan fingerprint density at radius 3 is 2.59 bits per heavy atom. The zero-order valence-electron chi connectivity index (χ0n) is 16.5. The first-order valence-electron chi connectivity index (χ1n) is 9.04. The first kappa shape index (κ1) is 20.7. The molecule has 0 aliphatic rings. The average molecular weight is 414 g/mol. The minimum atomic E-state index is -0.828. The molecule has 0 saturated carbocycles. The van der Waals surface area contributed by atoms with Gasteiger partial charge in [-0.25, -0.2) is 13.8 Å². The van der Waals surface area contributed by atoms with Gasteiger partial charge in [-0.3, -0.25) is 5.10 Å². The van der Waals surface area contributed by atoms with E-state index in [0.717, 1.165) is 39.2 Å². The highest BCUT2D eigenvalue weighted by Gasteiger charge is 2.15. The Morgan fingerprint density at radius 1 is 1.07 bits per heavy atom. The van der Waals surface area contributed by atoms with Crippen molar-refractivity contribution in [1.29, 1.82) is 0 Å². The molecule has 4 aromatic rings. The van der Waals surface area contributed by atoms with Crippen LogP contribution in [0.4, 0.5) is 8.78 Å². The molecule has 0 bridgehead atoms. The number of aromatic nitrogens is 4. The molecule has 2 aromatic heterocycles. The number of benzene rings is 2. The molecule has 4 rings (SSSR count). The van der Waals surface area contributed by atoms with Crippen LogP contribution in [0.25, 0.3) is 22.3 Å². The molecule has 0 aliphatic carbocycles. The number of ether oxygens (including phenoxy) is 1. The fraction of sp³-hybridized carbons (Fsp3) is 0.190. The molecular formula is C21H20F2N4OS. The zero-order chi connectivity index (χ0) is 21.0. The second-order valence-corrected chi connectivity index (χ2v) is 6.73. The minimum Gasteiger partial charge on any atom is -0.421 e. The predicted octanol–water partition coefficient (Wildman–Crippen LogP) is 6.15. The summed E-state index contributed by atoms with van der Waals surface area (Å²) in [5.74, 6) is -1.67. The number of halogens is 2. The van der Waals surface area contributed by atoms with E-state index in [1.165, 1.54) is 6.07 Å². The van der Waals surface area contributed by atoms with E-state index >= 15 is 0 Å². The van der Waals surface area contributed by atoms with Gasteiger partial charge < -0.3 is 4.74 Å². The Labute approximate surface area is 171 Å². The number of hydrogen-bond donors (Lipinski definition) is 1. The number of nitrogens with zero attached hydrogens (tertiary/aromatic N) is 3. The lowest BCUT2D eigenvalue weighted by Crippen LogP contribution is -1.94. The van der Waals surface area contributed by atoms with Crippen LogP contribution < -0.4 is 4.74 Å². The van der Waals surface area contributed by atoms with Gasteiger partial charge in [0, 0.05) is 22.7 Å². The van der Waals surface area contributed by atoms with E-state index in [-0.39, 0.29) is 11.8 Å². The maximum atomic E-state index is 13.7. The van der Waals surface area contributed by atoms with Crippen LogP contribution in [-0.2, 0) is 0 Å². The van der Waals surface area contributed by atoms with Crippen molar-refractivity contribution in [3.63, 3.8) is 0 Å². The van der Waals surface area contributed by atoms with Gasteiger partial charge in [-0.2, -0.15) is 10.1 Å². The third-order valence-corrected chi connectivity index (χ3v) is 4.82. The third kappa shape index (κ3) is 4.37. The van der Waals surface area contributed by atoms with Gasteiger partial charge in [0.05, 0.1) is 11.1 Å². The number of thioether (sulfide) groups is 1. The standard InChI is InChI=1S/C19H14F2N4OS.C2H6/c1-10-3-5-12(27-2)8-13(10)17-14-9-22-19(23-18(14)25-24-17)26-16-6-4-11(20)7-15(16)21;1-2/h3-9H,1-2H3,(H,22,23,24,25);1-2H3. The number of fused-ring (bicyclic) bond motifs is 1. The van der Waals surface area contributed by atoms with Gasteiger partial charge in [-0.15, -0.1) is 11.8 Å². The summed E-state index contributed by atoms with van der Waals surface area (Å²) in [4.78, 5) is 9.48. The Hall–Kier alpha value is -3.00. The predicted molar refractivity (Wildman–Crippen MR) is 111 cm³/mol. The second kappa shape index (κ2) is 9.00. The van der Waals surface area contributed by atoms with Crippen molar-refractivity contribution in [3.8, 4) is 23.0 Å². The molecule has 150 valence electrons. The van der Waals surface area contributed by atoms with Gasteiger partial charge >= 0.3 is 6.01 Å². The zero-order valence-corrected chi connectivity index (χ0v) is 17.3. The monoisotopic (exact) mass is 414 g/mol. The summed E-state index contributed by atoms with van der Waals surface area (Å²) in [6.07, 6.45) is 3.59. The molecule has 0 unspecified atom stereocenters. The maximum absolute atomic E-state index is 13.7. The fourth-order valence-corrected chi connectivity index (χ4v) is 3.14. The highest BCUT2D eigenvalue weighted by Crippen LogP contribution is 2.32. The van der Waals surface area contributed by atoms with E-state index in [0.29, 0.717) is 5.65 Å². The molecular weight excluding hydrogens is 394 g/mol. The summed E-state index contributed by atoms with van der Waals surface area (Å²) >= 11 is 1.65. The highest BCUT2D eigenvalue weighted by molar-refractivity contribution is 7.98. The topological polar surface area (TPSA) is 63.7 Å². The summed E-state index contributed by atoms with van der Waals surface area (Å²) in [6, 6.07) is 9.13. The van der Waals surface area contributed by atoms with Crippen molar-refractivity contribution >= 4 is 22.8 Å². The molecule has 0 fully saturated rings. The van der Waals surface area contributed by atoms with E-state index in [4.69, 9.17) is 4.74 Å². The van der Waals surface area contributed by atoms with Crippen LogP contribution in [0.1, 0.15) is 19.4 Å². The number of nitrogens with one attached hydrogen (secondary N) is 1. The second-order valence-electron chi connectivity index (χ2n) is 5.85. The Morgan fingerprint density at radius 2 is 1.86 bits per heavy atom. The lowest BCUT2D eigenvalue weighted by atomic mass is 10.0. The first-order valence-corrected chi connectivity index (χ1v) is 10.3. The van der Waals surface area contributed by atoms with E-state index in [1.807, 2.05) is 33.1 Å². The van der Waals surface area contributed by atoms with Gasteiger partial charge in [0.1, 0.15) is 5.82 Å². The first-order chi connectivity index (χ1) is 14.0. The quantitative estimate of drug-likeness (QED) is 0.406. The highest BCUT2D eigenvalue weighted by atomic mass is 32.2. The molecule has 2 aromatic carbocycles. The van der Waals surface area contributed by atoms with Crippen LogP contribution in [0.15, 0.2) is 47.5 Å². The van der Waals surface area contributed by atoms with Crippen LogP contribution in [0.3, 0.4) is 0 Å². The normalized spacial score (nSPS) is 10.6. The Bertz CT molecular complexity index is 1150. The van der Waals surface area contributed by atoms with Crippen LogP contribution in [0.2, 0.25) is 0 Å². The van der Waals surface area contributed by atoms with Crippen LogP contribution in [-0.4, -0.2) is 26.4 Å². The summed E-state index contributed by atoms with van der Waals surface area (Å²) in [5.41, 5.74) is 3.29. The summed E-state index contributed by atoms with van der Waals surface area (Å²) in [6.45, 7) is 6.02. The molecule has 0 amide bonds. The molecule has 0 spiro atoms.